The summed E-state index contributed by atoms with van der Waals surface area (Å²) in [6, 6.07) is 9.00. The SMILES string of the molecule is CN1C(=O)N(CCCC(CS(=O)(=O)N(C)CCc2ccccc2)C(=O)O)C(=O)C1(C)C. The number of hydrogen-bond acceptors (Lipinski definition) is 5. The van der Waals surface area contributed by atoms with E-state index in [0.29, 0.717) is 6.42 Å². The smallest absolute Gasteiger partial charge is 0.327 e. The number of urea groups is 1. The topological polar surface area (TPSA) is 115 Å². The molecule has 1 aromatic rings. The highest BCUT2D eigenvalue weighted by molar-refractivity contribution is 7.89. The maximum atomic E-state index is 12.7. The normalized spacial score (nSPS) is 17.5. The molecule has 1 aliphatic heterocycles. The Bertz CT molecular complexity index is 916. The van der Waals surface area contributed by atoms with Crippen molar-refractivity contribution in [3.05, 3.63) is 35.9 Å². The monoisotopic (exact) mass is 453 g/mol. The predicted molar refractivity (Wildman–Crippen MR) is 116 cm³/mol. The van der Waals surface area contributed by atoms with Crippen LogP contribution in [0.5, 0.6) is 0 Å². The fraction of sp³-hybridized carbons (Fsp3) is 0.571. The molecule has 1 unspecified atom stereocenters. The highest BCUT2D eigenvalue weighted by atomic mass is 32.2. The molecule has 0 aromatic heterocycles. The number of carbonyl (C=O) groups is 3. The summed E-state index contributed by atoms with van der Waals surface area (Å²) in [7, 11) is -0.795. The Hall–Kier alpha value is -2.46. The molecule has 10 heteroatoms. The summed E-state index contributed by atoms with van der Waals surface area (Å²) >= 11 is 0. The van der Waals surface area contributed by atoms with Gasteiger partial charge in [0.05, 0.1) is 11.7 Å². The average Bonchev–Trinajstić information content (AvgIpc) is 2.86. The van der Waals surface area contributed by atoms with E-state index in [1.165, 1.54) is 23.3 Å². The number of carboxylic acids is 1. The fourth-order valence-electron chi connectivity index (χ4n) is 3.40. The van der Waals surface area contributed by atoms with Crippen LogP contribution >= 0.6 is 0 Å². The Labute approximate surface area is 183 Å². The molecule has 1 atom stereocenters. The first-order chi connectivity index (χ1) is 14.4. The van der Waals surface area contributed by atoms with Gasteiger partial charge >= 0.3 is 12.0 Å². The molecule has 1 saturated heterocycles. The minimum atomic E-state index is -3.78. The molecule has 9 nitrogen and oxygen atoms in total. The number of rotatable bonds is 11. The maximum Gasteiger partial charge on any atom is 0.327 e. The average molecular weight is 454 g/mol. The van der Waals surface area contributed by atoms with Gasteiger partial charge in [-0.2, -0.15) is 0 Å². The van der Waals surface area contributed by atoms with Gasteiger partial charge in [-0.1, -0.05) is 30.3 Å². The second kappa shape index (κ2) is 9.78. The molecule has 2 rings (SSSR count). The van der Waals surface area contributed by atoms with Crippen LogP contribution in [0.1, 0.15) is 32.3 Å². The van der Waals surface area contributed by atoms with E-state index in [1.807, 2.05) is 30.3 Å². The van der Waals surface area contributed by atoms with Gasteiger partial charge in [-0.25, -0.2) is 17.5 Å². The van der Waals surface area contributed by atoms with Crippen LogP contribution in [0, 0.1) is 5.92 Å². The van der Waals surface area contributed by atoms with Crippen LogP contribution in [0.3, 0.4) is 0 Å². The van der Waals surface area contributed by atoms with E-state index < -0.39 is 39.2 Å². The van der Waals surface area contributed by atoms with Crippen LogP contribution in [-0.4, -0.2) is 84.0 Å². The molecule has 3 amide bonds. The highest BCUT2D eigenvalue weighted by Crippen LogP contribution is 2.26. The lowest BCUT2D eigenvalue weighted by molar-refractivity contribution is -0.141. The second-order valence-electron chi connectivity index (χ2n) is 8.37. The summed E-state index contributed by atoms with van der Waals surface area (Å²) in [5.74, 6) is -3.21. The van der Waals surface area contributed by atoms with Gasteiger partial charge in [-0.05, 0) is 38.7 Å². The summed E-state index contributed by atoms with van der Waals surface area (Å²) in [6.07, 6.45) is 0.778. The number of likely N-dealkylation sites (N-methyl/N-ethyl adjacent to an activating group) is 2. The zero-order valence-corrected chi connectivity index (χ0v) is 19.3. The molecule has 31 heavy (non-hydrogen) atoms. The standard InChI is InChI=1S/C21H31N3O6S/c1-21(2)19(27)24(20(28)23(21)4)13-8-11-17(18(25)26)15-31(29,30)22(3)14-12-16-9-6-5-7-10-16/h5-7,9-10,17H,8,11-15H2,1-4H3,(H,25,26). The lowest BCUT2D eigenvalue weighted by Crippen LogP contribution is -2.41. The third-order valence-corrected chi connectivity index (χ3v) is 7.81. The molecule has 0 bridgehead atoms. The Balaban J connectivity index is 1.92. The summed E-state index contributed by atoms with van der Waals surface area (Å²) in [4.78, 5) is 38.8. The fourth-order valence-corrected chi connectivity index (χ4v) is 4.85. The zero-order valence-electron chi connectivity index (χ0n) is 18.4. The van der Waals surface area contributed by atoms with Crippen molar-refractivity contribution < 1.29 is 27.9 Å². The molecule has 1 N–H and O–H groups in total. The van der Waals surface area contributed by atoms with Crippen LogP contribution in [0.2, 0.25) is 0 Å². The van der Waals surface area contributed by atoms with Crippen molar-refractivity contribution in [2.24, 2.45) is 5.92 Å². The molecular weight excluding hydrogens is 422 g/mol. The van der Waals surface area contributed by atoms with E-state index >= 15 is 0 Å². The van der Waals surface area contributed by atoms with Crippen LogP contribution in [0.25, 0.3) is 0 Å². The Morgan fingerprint density at radius 1 is 1.19 bits per heavy atom. The third-order valence-electron chi connectivity index (χ3n) is 5.85. The Morgan fingerprint density at radius 3 is 2.32 bits per heavy atom. The largest absolute Gasteiger partial charge is 0.481 e. The van der Waals surface area contributed by atoms with E-state index in [-0.39, 0.29) is 31.8 Å². The van der Waals surface area contributed by atoms with Gasteiger partial charge in [-0.3, -0.25) is 14.5 Å². The van der Waals surface area contributed by atoms with Gasteiger partial charge in [0.25, 0.3) is 5.91 Å². The number of hydrogen-bond donors (Lipinski definition) is 1. The Kier molecular flexibility index (Phi) is 7.82. The van der Waals surface area contributed by atoms with Crippen LogP contribution in [0.4, 0.5) is 4.79 Å². The molecule has 172 valence electrons. The molecule has 0 saturated carbocycles. The van der Waals surface area contributed by atoms with Gasteiger partial charge in [0, 0.05) is 27.2 Å². The van der Waals surface area contributed by atoms with Crippen molar-refractivity contribution in [2.45, 2.75) is 38.6 Å². The van der Waals surface area contributed by atoms with E-state index in [1.54, 1.807) is 13.8 Å². The third kappa shape index (κ3) is 5.82. The second-order valence-corrected chi connectivity index (χ2v) is 10.5. The van der Waals surface area contributed by atoms with Crippen molar-refractivity contribution >= 4 is 27.9 Å². The molecule has 0 radical (unpaired) electrons. The van der Waals surface area contributed by atoms with E-state index in [9.17, 15) is 27.9 Å². The first-order valence-electron chi connectivity index (χ1n) is 10.2. The van der Waals surface area contributed by atoms with Crippen LogP contribution in [-0.2, 0) is 26.0 Å². The number of benzene rings is 1. The summed E-state index contributed by atoms with van der Waals surface area (Å²) in [5, 5.41) is 9.51. The van der Waals surface area contributed by atoms with Gasteiger partial charge in [0.1, 0.15) is 5.54 Å². The molecule has 0 aliphatic carbocycles. The highest BCUT2D eigenvalue weighted by Gasteiger charge is 2.48. The summed E-state index contributed by atoms with van der Waals surface area (Å²) in [6.45, 7) is 3.59. The van der Waals surface area contributed by atoms with Crippen molar-refractivity contribution in [3.63, 3.8) is 0 Å². The minimum Gasteiger partial charge on any atom is -0.481 e. The molecule has 1 fully saturated rings. The van der Waals surface area contributed by atoms with Gasteiger partial charge in [0.2, 0.25) is 10.0 Å². The van der Waals surface area contributed by atoms with Gasteiger partial charge < -0.3 is 10.0 Å². The molecule has 1 aromatic carbocycles. The molecule has 1 aliphatic rings. The van der Waals surface area contributed by atoms with E-state index in [0.717, 1.165) is 10.5 Å². The van der Waals surface area contributed by atoms with Gasteiger partial charge in [0.15, 0.2) is 0 Å². The number of carbonyl (C=O) groups excluding carboxylic acids is 2. The first-order valence-corrected chi connectivity index (χ1v) is 11.8. The lowest BCUT2D eigenvalue weighted by atomic mass is 10.0. The predicted octanol–water partition coefficient (Wildman–Crippen LogP) is 1.64. The Morgan fingerprint density at radius 2 is 1.81 bits per heavy atom. The van der Waals surface area contributed by atoms with E-state index in [2.05, 4.69) is 0 Å². The number of amides is 3. The maximum absolute atomic E-state index is 12.7. The number of nitrogens with zero attached hydrogens (tertiary/aromatic N) is 3. The van der Waals surface area contributed by atoms with Crippen molar-refractivity contribution in [1.82, 2.24) is 14.1 Å². The van der Waals surface area contributed by atoms with Crippen molar-refractivity contribution in [1.29, 1.82) is 0 Å². The zero-order chi connectivity index (χ0) is 23.4. The summed E-state index contributed by atoms with van der Waals surface area (Å²) < 4.78 is 26.5. The van der Waals surface area contributed by atoms with Crippen LogP contribution < -0.4 is 0 Å². The molecule has 1 heterocycles. The number of sulfonamides is 1. The summed E-state index contributed by atoms with van der Waals surface area (Å²) in [5.41, 5.74) is 0.0424. The molecule has 0 spiro atoms. The minimum absolute atomic E-state index is 0.0439. The first kappa shape index (κ1) is 24.8. The quantitative estimate of drug-likeness (QED) is 0.510. The number of aliphatic carboxylic acids is 1. The lowest BCUT2D eigenvalue weighted by Gasteiger charge is -2.22. The molecular formula is C21H31N3O6S. The van der Waals surface area contributed by atoms with Gasteiger partial charge in [-0.15, -0.1) is 0 Å². The number of carboxylic acid groups (broad SMARTS) is 1. The number of imide groups is 1. The van der Waals surface area contributed by atoms with Crippen molar-refractivity contribution in [2.75, 3.05) is 32.9 Å². The van der Waals surface area contributed by atoms with Crippen molar-refractivity contribution in [3.8, 4) is 0 Å². The van der Waals surface area contributed by atoms with E-state index in [4.69, 9.17) is 0 Å². The van der Waals surface area contributed by atoms with Crippen LogP contribution in [0.15, 0.2) is 30.3 Å².